The normalized spacial score (nSPS) is 22.5. The Morgan fingerprint density at radius 1 is 1.21 bits per heavy atom. The molecule has 4 rings (SSSR count). The van der Waals surface area contributed by atoms with Crippen molar-refractivity contribution >= 4 is 30.8 Å². The van der Waals surface area contributed by atoms with E-state index in [1.54, 1.807) is 44.2 Å². The van der Waals surface area contributed by atoms with Crippen molar-refractivity contribution in [3.05, 3.63) is 36.7 Å². The number of rotatable bonds is 17. The van der Waals surface area contributed by atoms with Crippen molar-refractivity contribution in [2.24, 2.45) is 11.7 Å². The number of hydrogen-bond acceptors (Lipinski definition) is 14. The number of aromatic nitrogens is 4. The smallest absolute Gasteiger partial charge is 0.459 e. The number of nitrogens with zero attached hydrogens (tertiary/aromatic N) is 4. The van der Waals surface area contributed by atoms with Crippen molar-refractivity contribution in [1.82, 2.24) is 24.6 Å². The number of hydrogen-bond donors (Lipinski definition) is 6. The monoisotopic (exact) mass is 694 g/mol. The van der Waals surface area contributed by atoms with E-state index in [0.717, 1.165) is 25.7 Å². The third kappa shape index (κ3) is 9.45. The van der Waals surface area contributed by atoms with Gasteiger partial charge >= 0.3 is 13.7 Å². The highest BCUT2D eigenvalue weighted by atomic mass is 31.2. The molecule has 1 aromatic carbocycles. The number of carbonyl (C=O) groups is 1. The summed E-state index contributed by atoms with van der Waals surface area (Å²) in [5.74, 6) is 0.0509. The van der Waals surface area contributed by atoms with Crippen LogP contribution in [-0.2, 0) is 23.4 Å². The van der Waals surface area contributed by atoms with E-state index in [2.05, 4.69) is 39.4 Å². The van der Waals surface area contributed by atoms with E-state index in [0.29, 0.717) is 17.8 Å². The van der Waals surface area contributed by atoms with Crippen LogP contribution in [0, 0.1) is 11.4 Å². The second-order valence-corrected chi connectivity index (χ2v) is 13.3. The highest BCUT2D eigenvalue weighted by molar-refractivity contribution is 7.52. The molecule has 1 fully saturated rings. The molecule has 2 aromatic heterocycles. The number of aliphatic hydroxyl groups excluding tert-OH is 1. The number of esters is 1. The number of imidazole rings is 1. The van der Waals surface area contributed by atoms with Crippen LogP contribution in [0.4, 0.5) is 5.95 Å². The van der Waals surface area contributed by atoms with Gasteiger partial charge in [0.1, 0.15) is 24.0 Å². The molecular weight excluding hydrogens is 645 g/mol. The minimum absolute atomic E-state index is 0.0428. The van der Waals surface area contributed by atoms with E-state index < -0.39 is 50.3 Å². The Kier molecular flexibility index (Phi) is 14.2. The van der Waals surface area contributed by atoms with Crippen molar-refractivity contribution in [3.63, 3.8) is 0 Å². The van der Waals surface area contributed by atoms with Crippen LogP contribution < -0.4 is 31.3 Å². The molecule has 6 atom stereocenters. The summed E-state index contributed by atoms with van der Waals surface area (Å²) in [5.41, 5.74) is 20.8. The second kappa shape index (κ2) is 17.6. The molecule has 1 aliphatic heterocycles. The largest absolute Gasteiger partial charge is 0.476 e. The predicted octanol–water partition coefficient (Wildman–Crippen LogP) is 2.50. The van der Waals surface area contributed by atoms with Gasteiger partial charge in [-0.3, -0.25) is 13.9 Å². The average Bonchev–Trinajstić information content (AvgIpc) is 3.57. The summed E-state index contributed by atoms with van der Waals surface area (Å²) < 4.78 is 44.5. The SMILES string of the molecule is CCCC(CCC)COC(=O)[C@H](C)NP(=O)(OC[C@H]1O[C@@H](n2cnc3c(OCC)nc(N)nc32)[C@](C)(N)[C@@H]1O)Oc1ccccc1.N=[NH2+]. The fraction of sp³-hybridized carbons (Fsp3) is 0.600. The van der Waals surface area contributed by atoms with Crippen LogP contribution in [0.5, 0.6) is 11.6 Å². The van der Waals surface area contributed by atoms with E-state index >= 15 is 0 Å². The van der Waals surface area contributed by atoms with Gasteiger partial charge in [0, 0.05) is 0 Å². The quantitative estimate of drug-likeness (QED) is 0.0674. The minimum atomic E-state index is -4.24. The maximum atomic E-state index is 14.1. The van der Waals surface area contributed by atoms with Gasteiger partial charge in [0.25, 0.3) is 0 Å². The molecule has 0 aliphatic carbocycles. The van der Waals surface area contributed by atoms with E-state index in [4.69, 9.17) is 40.3 Å². The van der Waals surface area contributed by atoms with E-state index in [9.17, 15) is 14.5 Å². The Morgan fingerprint density at radius 2 is 1.88 bits per heavy atom. The van der Waals surface area contributed by atoms with Gasteiger partial charge in [-0.25, -0.2) is 9.55 Å². The Morgan fingerprint density at radius 3 is 2.50 bits per heavy atom. The predicted molar refractivity (Wildman–Crippen MR) is 176 cm³/mol. The maximum absolute atomic E-state index is 14.1. The molecule has 1 saturated heterocycles. The first-order valence-electron chi connectivity index (χ1n) is 15.9. The lowest BCUT2D eigenvalue weighted by Crippen LogP contribution is -2.52. The van der Waals surface area contributed by atoms with Gasteiger partial charge in [-0.1, -0.05) is 50.4 Å². The summed E-state index contributed by atoms with van der Waals surface area (Å²) in [7, 11) is -4.24. The molecule has 1 aliphatic rings. The number of aliphatic hydroxyl groups is 1. The zero-order chi connectivity index (χ0) is 35.5. The van der Waals surface area contributed by atoms with Crippen molar-refractivity contribution in [2.45, 2.75) is 90.3 Å². The first kappa shape index (κ1) is 38.7. The van der Waals surface area contributed by atoms with E-state index in [1.165, 1.54) is 17.8 Å². The van der Waals surface area contributed by atoms with Crippen LogP contribution in [0.3, 0.4) is 0 Å². The van der Waals surface area contributed by atoms with Gasteiger partial charge in [0.2, 0.25) is 11.8 Å². The fourth-order valence-corrected chi connectivity index (χ4v) is 6.87. The van der Waals surface area contributed by atoms with Crippen molar-refractivity contribution < 1.29 is 43.3 Å². The molecular formula is C30H49N9O8P+. The first-order chi connectivity index (χ1) is 22.9. The number of nitrogens with one attached hydrogen (secondary N) is 2. The molecule has 0 radical (unpaired) electrons. The molecule has 9 N–H and O–H groups in total. The highest BCUT2D eigenvalue weighted by Crippen LogP contribution is 2.47. The Labute approximate surface area is 279 Å². The van der Waals surface area contributed by atoms with Crippen LogP contribution in [0.15, 0.2) is 36.7 Å². The average molecular weight is 695 g/mol. The van der Waals surface area contributed by atoms with Crippen LogP contribution in [0.25, 0.3) is 11.2 Å². The summed E-state index contributed by atoms with van der Waals surface area (Å²) in [6.07, 6.45) is 1.94. The van der Waals surface area contributed by atoms with Gasteiger partial charge < -0.3 is 35.3 Å². The van der Waals surface area contributed by atoms with Gasteiger partial charge in [-0.05, 0) is 51.7 Å². The first-order valence-corrected chi connectivity index (χ1v) is 17.4. The van der Waals surface area contributed by atoms with E-state index in [-0.39, 0.29) is 30.1 Å². The number of fused-ring (bicyclic) bond motifs is 1. The van der Waals surface area contributed by atoms with Crippen LogP contribution in [0.1, 0.15) is 66.5 Å². The van der Waals surface area contributed by atoms with Crippen molar-refractivity contribution in [1.29, 1.82) is 5.53 Å². The molecule has 3 heterocycles. The lowest BCUT2D eigenvalue weighted by atomic mass is 9.93. The van der Waals surface area contributed by atoms with Crippen molar-refractivity contribution in [2.75, 3.05) is 25.6 Å². The standard InChI is InChI=1S/C30H46N7O8P.H2N2/c1-6-12-20(13-7-2)16-42-27(39)19(4)36-46(40,45-21-14-10-9-11-15-21)43-17-22-24(38)30(5,32)28(44-22)37-18-33-23-25(37)34-29(31)35-26(23)41-8-3;1-2/h9-11,14-15,18-20,22,24,28,38H,6-8,12-13,16-17,32H2,1-5H3,(H,36,40)(H2,31,34,35);1-2H/p+1/t19-,22+,24+,28+,30+,46?;/m0./s1. The number of carbonyl (C=O) groups excluding carboxylic acids is 1. The van der Waals surface area contributed by atoms with Gasteiger partial charge in [0.05, 0.1) is 31.7 Å². The van der Waals surface area contributed by atoms with Crippen molar-refractivity contribution in [3.8, 4) is 11.6 Å². The molecule has 18 heteroatoms. The summed E-state index contributed by atoms with van der Waals surface area (Å²) in [5, 5.41) is 13.9. The Hall–Kier alpha value is -3.73. The number of nitrogens with two attached hydrogens (primary N) is 3. The Bertz CT molecular complexity index is 1510. The number of benzene rings is 1. The Balaban J connectivity index is 0.00000307. The summed E-state index contributed by atoms with van der Waals surface area (Å²) in [4.78, 5) is 25.7. The topological polar surface area (TPSA) is 258 Å². The van der Waals surface area contributed by atoms with E-state index in [1.807, 2.05) is 0 Å². The van der Waals surface area contributed by atoms with Crippen LogP contribution in [0.2, 0.25) is 0 Å². The maximum Gasteiger partial charge on any atom is 0.459 e. The lowest BCUT2D eigenvalue weighted by Gasteiger charge is -2.28. The molecule has 0 spiro atoms. The van der Waals surface area contributed by atoms with Gasteiger partial charge in [-0.2, -0.15) is 20.6 Å². The number of ether oxygens (including phenoxy) is 3. The number of para-hydroxylation sites is 1. The molecule has 17 nitrogen and oxygen atoms in total. The van der Waals surface area contributed by atoms with Gasteiger partial charge in [0.15, 0.2) is 17.4 Å². The fourth-order valence-electron chi connectivity index (χ4n) is 5.37. The van der Waals surface area contributed by atoms with Crippen LogP contribution >= 0.6 is 7.75 Å². The third-order valence-electron chi connectivity index (χ3n) is 7.70. The summed E-state index contributed by atoms with van der Waals surface area (Å²) >= 11 is 0. The zero-order valence-corrected chi connectivity index (χ0v) is 29.0. The minimum Gasteiger partial charge on any atom is -0.476 e. The summed E-state index contributed by atoms with van der Waals surface area (Å²) in [6.45, 7) is 9.28. The molecule has 0 amide bonds. The summed E-state index contributed by atoms with van der Waals surface area (Å²) in [6, 6.07) is 7.34. The molecule has 1 unspecified atom stereocenters. The molecule has 48 heavy (non-hydrogen) atoms. The number of nitrogen functional groups attached to an aromatic ring is 1. The molecule has 0 saturated carbocycles. The second-order valence-electron chi connectivity index (χ2n) is 11.6. The van der Waals surface area contributed by atoms with Crippen LogP contribution in [-0.4, -0.2) is 74.2 Å². The molecule has 266 valence electrons. The third-order valence-corrected chi connectivity index (χ3v) is 9.35. The zero-order valence-electron chi connectivity index (χ0n) is 28.1. The van der Waals surface area contributed by atoms with Gasteiger partial charge in [-0.15, -0.1) is 0 Å². The highest BCUT2D eigenvalue weighted by Gasteiger charge is 2.53. The number of anilines is 1. The molecule has 3 aromatic rings. The lowest BCUT2D eigenvalue weighted by molar-refractivity contribution is -0.249. The molecule has 0 bridgehead atoms.